The summed E-state index contributed by atoms with van der Waals surface area (Å²) < 4.78 is 0. The van der Waals surface area contributed by atoms with Crippen molar-refractivity contribution in [2.45, 2.75) is 6.42 Å². The number of aromatic nitrogens is 4. The van der Waals surface area contributed by atoms with Crippen LogP contribution in [0, 0.1) is 0 Å². The molecule has 0 aliphatic carbocycles. The van der Waals surface area contributed by atoms with Crippen molar-refractivity contribution in [2.75, 3.05) is 5.32 Å². The van der Waals surface area contributed by atoms with E-state index < -0.39 is 0 Å². The van der Waals surface area contributed by atoms with E-state index in [1.807, 2.05) is 72.8 Å². The van der Waals surface area contributed by atoms with E-state index in [0.29, 0.717) is 18.1 Å². The molecule has 2 aromatic carbocycles. The molecule has 2 heterocycles. The third-order valence-corrected chi connectivity index (χ3v) is 4.07. The number of aromatic amines is 1. The first kappa shape index (κ1) is 16.7. The van der Waals surface area contributed by atoms with Gasteiger partial charge in [0.2, 0.25) is 5.82 Å². The van der Waals surface area contributed by atoms with Crippen molar-refractivity contribution >= 4 is 11.7 Å². The third-order valence-electron chi connectivity index (χ3n) is 4.07. The van der Waals surface area contributed by atoms with Crippen LogP contribution in [0.15, 0.2) is 79.0 Å². The smallest absolute Gasteiger partial charge is 0.294 e. The minimum atomic E-state index is -0.375. The standard InChI is InChI=1S/C21H17N5O/c27-21(20-23-19(25-26-20)13-15-7-3-1-4-8-15)24-18-14-17(11-12-22-18)16-9-5-2-6-10-16/h1-12,14H,13H2,(H,22,24,27)(H,23,25,26). The summed E-state index contributed by atoms with van der Waals surface area (Å²) in [5, 5.41) is 10.8. The maximum absolute atomic E-state index is 12.4. The van der Waals surface area contributed by atoms with Crippen molar-refractivity contribution in [3.8, 4) is 11.1 Å². The van der Waals surface area contributed by atoms with Crippen molar-refractivity contribution in [1.82, 2.24) is 20.2 Å². The zero-order valence-corrected chi connectivity index (χ0v) is 14.5. The van der Waals surface area contributed by atoms with Gasteiger partial charge in [-0.3, -0.25) is 4.79 Å². The number of amides is 1. The number of hydrogen-bond donors (Lipinski definition) is 2. The fraction of sp³-hybridized carbons (Fsp3) is 0.0476. The lowest BCUT2D eigenvalue weighted by molar-refractivity contribution is 0.101. The molecule has 4 aromatic rings. The van der Waals surface area contributed by atoms with Gasteiger partial charge in [0.1, 0.15) is 11.6 Å². The summed E-state index contributed by atoms with van der Waals surface area (Å²) in [5.41, 5.74) is 3.13. The van der Waals surface area contributed by atoms with Crippen LogP contribution >= 0.6 is 0 Å². The Morgan fingerprint density at radius 1 is 0.889 bits per heavy atom. The molecule has 27 heavy (non-hydrogen) atoms. The van der Waals surface area contributed by atoms with Gasteiger partial charge in [0.25, 0.3) is 5.91 Å². The Kier molecular flexibility index (Phi) is 4.70. The predicted octanol–water partition coefficient (Wildman–Crippen LogP) is 3.71. The highest BCUT2D eigenvalue weighted by atomic mass is 16.2. The molecule has 0 radical (unpaired) electrons. The van der Waals surface area contributed by atoms with Crippen LogP contribution in [-0.4, -0.2) is 26.1 Å². The number of hydrogen-bond acceptors (Lipinski definition) is 4. The average Bonchev–Trinajstić information content (AvgIpc) is 3.18. The molecule has 0 unspecified atom stereocenters. The van der Waals surface area contributed by atoms with Crippen LogP contribution in [-0.2, 0) is 6.42 Å². The SMILES string of the molecule is O=C(Nc1cc(-c2ccccc2)ccn1)c1nnc(Cc2ccccc2)[nH]1. The fourth-order valence-electron chi connectivity index (χ4n) is 2.75. The van der Waals surface area contributed by atoms with Crippen molar-refractivity contribution in [3.63, 3.8) is 0 Å². The van der Waals surface area contributed by atoms with Crippen LogP contribution in [0.3, 0.4) is 0 Å². The second-order valence-corrected chi connectivity index (χ2v) is 6.03. The molecular formula is C21H17N5O. The quantitative estimate of drug-likeness (QED) is 0.572. The maximum Gasteiger partial charge on any atom is 0.294 e. The van der Waals surface area contributed by atoms with Gasteiger partial charge < -0.3 is 10.3 Å². The molecule has 6 nitrogen and oxygen atoms in total. The summed E-state index contributed by atoms with van der Waals surface area (Å²) in [6.07, 6.45) is 2.25. The zero-order chi connectivity index (χ0) is 18.5. The summed E-state index contributed by atoms with van der Waals surface area (Å²) in [6, 6.07) is 23.5. The topological polar surface area (TPSA) is 83.6 Å². The summed E-state index contributed by atoms with van der Waals surface area (Å²) in [7, 11) is 0. The molecule has 6 heteroatoms. The van der Waals surface area contributed by atoms with Crippen LogP contribution in [0.25, 0.3) is 11.1 Å². The van der Waals surface area contributed by atoms with E-state index in [0.717, 1.165) is 16.7 Å². The lowest BCUT2D eigenvalue weighted by Gasteiger charge is -2.05. The van der Waals surface area contributed by atoms with E-state index in [1.54, 1.807) is 6.20 Å². The molecule has 132 valence electrons. The molecule has 0 aliphatic heterocycles. The number of rotatable bonds is 5. The van der Waals surface area contributed by atoms with Crippen molar-refractivity contribution in [3.05, 3.63) is 96.2 Å². The Morgan fingerprint density at radius 2 is 1.63 bits per heavy atom. The summed E-state index contributed by atoms with van der Waals surface area (Å²) in [4.78, 5) is 19.6. The molecule has 0 fully saturated rings. The second-order valence-electron chi connectivity index (χ2n) is 6.03. The molecule has 2 N–H and O–H groups in total. The van der Waals surface area contributed by atoms with E-state index in [9.17, 15) is 4.79 Å². The molecule has 2 aromatic heterocycles. The number of nitrogens with one attached hydrogen (secondary N) is 2. The Labute approximate surface area is 156 Å². The molecule has 4 rings (SSSR count). The van der Waals surface area contributed by atoms with Gasteiger partial charge in [0, 0.05) is 12.6 Å². The van der Waals surface area contributed by atoms with Gasteiger partial charge in [0.15, 0.2) is 0 Å². The molecule has 0 saturated heterocycles. The molecule has 1 amide bonds. The molecule has 0 saturated carbocycles. The van der Waals surface area contributed by atoms with Gasteiger partial charge in [0.05, 0.1) is 0 Å². The van der Waals surface area contributed by atoms with Crippen LogP contribution in [0.1, 0.15) is 22.0 Å². The maximum atomic E-state index is 12.4. The lowest BCUT2D eigenvalue weighted by atomic mass is 10.1. The number of H-pyrrole nitrogens is 1. The van der Waals surface area contributed by atoms with Crippen LogP contribution < -0.4 is 5.32 Å². The molecule has 0 atom stereocenters. The Bertz CT molecular complexity index is 1040. The minimum absolute atomic E-state index is 0.160. The minimum Gasteiger partial charge on any atom is -0.321 e. The Hall–Kier alpha value is -3.80. The number of nitrogens with zero attached hydrogens (tertiary/aromatic N) is 3. The number of benzene rings is 2. The Balaban J connectivity index is 1.47. The zero-order valence-electron chi connectivity index (χ0n) is 14.5. The fourth-order valence-corrected chi connectivity index (χ4v) is 2.75. The number of anilines is 1. The summed E-state index contributed by atoms with van der Waals surface area (Å²) in [5.74, 6) is 0.882. The largest absolute Gasteiger partial charge is 0.321 e. The first-order valence-corrected chi connectivity index (χ1v) is 8.56. The van der Waals surface area contributed by atoms with Crippen LogP contribution in [0.4, 0.5) is 5.82 Å². The monoisotopic (exact) mass is 355 g/mol. The van der Waals surface area contributed by atoms with Gasteiger partial charge >= 0.3 is 0 Å². The molecular weight excluding hydrogens is 338 g/mol. The average molecular weight is 355 g/mol. The van der Waals surface area contributed by atoms with Gasteiger partial charge in [-0.05, 0) is 28.8 Å². The Morgan fingerprint density at radius 3 is 2.41 bits per heavy atom. The highest BCUT2D eigenvalue weighted by Gasteiger charge is 2.13. The number of carbonyl (C=O) groups is 1. The number of carbonyl (C=O) groups excluding carboxylic acids is 1. The molecule has 0 spiro atoms. The highest BCUT2D eigenvalue weighted by Crippen LogP contribution is 2.20. The second kappa shape index (κ2) is 7.61. The predicted molar refractivity (Wildman–Crippen MR) is 103 cm³/mol. The van der Waals surface area contributed by atoms with Crippen LogP contribution in [0.2, 0.25) is 0 Å². The lowest BCUT2D eigenvalue weighted by Crippen LogP contribution is -2.14. The van der Waals surface area contributed by atoms with E-state index in [-0.39, 0.29) is 11.7 Å². The highest BCUT2D eigenvalue weighted by molar-refractivity contribution is 6.01. The summed E-state index contributed by atoms with van der Waals surface area (Å²) in [6.45, 7) is 0. The van der Waals surface area contributed by atoms with E-state index >= 15 is 0 Å². The van der Waals surface area contributed by atoms with E-state index in [1.165, 1.54) is 0 Å². The van der Waals surface area contributed by atoms with Gasteiger partial charge in [-0.2, -0.15) is 0 Å². The van der Waals surface area contributed by atoms with Gasteiger partial charge in [-0.25, -0.2) is 4.98 Å². The van der Waals surface area contributed by atoms with Gasteiger partial charge in [-0.15, -0.1) is 10.2 Å². The third kappa shape index (κ3) is 4.07. The van der Waals surface area contributed by atoms with Crippen molar-refractivity contribution in [1.29, 1.82) is 0 Å². The first-order chi connectivity index (χ1) is 13.3. The van der Waals surface area contributed by atoms with Crippen molar-refractivity contribution < 1.29 is 4.79 Å². The van der Waals surface area contributed by atoms with Crippen molar-refractivity contribution in [2.24, 2.45) is 0 Å². The molecule has 0 aliphatic rings. The molecule has 0 bridgehead atoms. The number of pyridine rings is 1. The summed E-state index contributed by atoms with van der Waals surface area (Å²) >= 11 is 0. The van der Waals surface area contributed by atoms with Crippen LogP contribution in [0.5, 0.6) is 0 Å². The van der Waals surface area contributed by atoms with E-state index in [2.05, 4.69) is 25.5 Å². The first-order valence-electron chi connectivity index (χ1n) is 8.56. The normalized spacial score (nSPS) is 10.5. The van der Waals surface area contributed by atoms with Gasteiger partial charge in [-0.1, -0.05) is 60.7 Å². The van der Waals surface area contributed by atoms with E-state index in [4.69, 9.17) is 0 Å².